The van der Waals surface area contributed by atoms with Crippen LogP contribution < -0.4 is 0 Å². The molecule has 0 bridgehead atoms. The maximum absolute atomic E-state index is 11.9. The van der Waals surface area contributed by atoms with Crippen molar-refractivity contribution < 1.29 is 23.6 Å². The number of likely N-dealkylation sites (tertiary alicyclic amines) is 1. The third-order valence-electron chi connectivity index (χ3n) is 3.20. The maximum Gasteiger partial charge on any atom is 0.306 e. The van der Waals surface area contributed by atoms with Gasteiger partial charge >= 0.3 is 5.97 Å². The Bertz CT molecular complexity index is 339. The molecule has 0 aromatic carbocycles. The number of carboxylic acid groups (broad SMARTS) is 1. The lowest BCUT2D eigenvalue weighted by molar-refractivity contribution is -0.145. The van der Waals surface area contributed by atoms with Crippen molar-refractivity contribution in [3.8, 4) is 0 Å². The standard InChI is InChI=1S/C12H21NO5S/c1-18-7-2-8-19(17)9-11(14)13-5-3-10(4-6-13)12(15)16/h10H,2-9H2,1H3,(H,15,16). The number of nitrogens with zero attached hydrogens (tertiary/aromatic N) is 1. The lowest BCUT2D eigenvalue weighted by atomic mass is 9.97. The minimum Gasteiger partial charge on any atom is -0.481 e. The van der Waals surface area contributed by atoms with Crippen molar-refractivity contribution >= 4 is 22.7 Å². The molecule has 6 nitrogen and oxygen atoms in total. The smallest absolute Gasteiger partial charge is 0.306 e. The highest BCUT2D eigenvalue weighted by atomic mass is 32.2. The van der Waals surface area contributed by atoms with Gasteiger partial charge in [-0.1, -0.05) is 0 Å². The Morgan fingerprint density at radius 1 is 1.37 bits per heavy atom. The van der Waals surface area contributed by atoms with E-state index in [1.807, 2.05) is 0 Å². The van der Waals surface area contributed by atoms with Crippen molar-refractivity contribution in [2.24, 2.45) is 5.92 Å². The molecular formula is C12H21NO5S. The van der Waals surface area contributed by atoms with Crippen molar-refractivity contribution in [1.29, 1.82) is 0 Å². The van der Waals surface area contributed by atoms with Crippen LogP contribution in [-0.4, -0.2) is 64.4 Å². The predicted octanol–water partition coefficient (Wildman–Crippen LogP) is 0.0948. The molecule has 0 aliphatic carbocycles. The molecule has 1 aliphatic rings. The first kappa shape index (κ1) is 16.1. The van der Waals surface area contributed by atoms with E-state index in [1.165, 1.54) is 0 Å². The second kappa shape index (κ2) is 8.27. The van der Waals surface area contributed by atoms with Crippen molar-refractivity contribution in [2.45, 2.75) is 19.3 Å². The van der Waals surface area contributed by atoms with Gasteiger partial charge in [-0.2, -0.15) is 0 Å². The Kier molecular flexibility index (Phi) is 7.01. The van der Waals surface area contributed by atoms with Crippen LogP contribution in [0.25, 0.3) is 0 Å². The topological polar surface area (TPSA) is 83.9 Å². The highest BCUT2D eigenvalue weighted by Gasteiger charge is 2.27. The summed E-state index contributed by atoms with van der Waals surface area (Å²) in [5.74, 6) is -0.793. The molecule has 1 N–H and O–H groups in total. The second-order valence-electron chi connectivity index (χ2n) is 4.63. The number of carbonyl (C=O) groups excluding carboxylic acids is 1. The van der Waals surface area contributed by atoms with Crippen LogP contribution in [0.4, 0.5) is 0 Å². The van der Waals surface area contributed by atoms with Gasteiger partial charge in [-0.3, -0.25) is 13.8 Å². The summed E-state index contributed by atoms with van der Waals surface area (Å²) in [5, 5.41) is 8.87. The van der Waals surface area contributed by atoms with Gasteiger partial charge in [0.1, 0.15) is 5.75 Å². The number of ether oxygens (including phenoxy) is 1. The highest BCUT2D eigenvalue weighted by molar-refractivity contribution is 7.85. The molecule has 110 valence electrons. The lowest BCUT2D eigenvalue weighted by Gasteiger charge is -2.30. The minimum atomic E-state index is -1.16. The van der Waals surface area contributed by atoms with Gasteiger partial charge in [0.25, 0.3) is 0 Å². The third kappa shape index (κ3) is 5.69. The summed E-state index contributed by atoms with van der Waals surface area (Å²) in [6, 6.07) is 0. The fourth-order valence-electron chi connectivity index (χ4n) is 2.04. The summed E-state index contributed by atoms with van der Waals surface area (Å²) in [6.07, 6.45) is 1.65. The average Bonchev–Trinajstić information content (AvgIpc) is 2.39. The molecule has 1 saturated heterocycles. The van der Waals surface area contributed by atoms with Gasteiger partial charge in [0.05, 0.1) is 5.92 Å². The minimum absolute atomic E-state index is 0.0292. The maximum atomic E-state index is 11.9. The molecular weight excluding hydrogens is 270 g/mol. The van der Waals surface area contributed by atoms with Crippen molar-refractivity contribution in [3.63, 3.8) is 0 Å². The predicted molar refractivity (Wildman–Crippen MR) is 71.3 cm³/mol. The first-order valence-corrected chi connectivity index (χ1v) is 7.88. The molecule has 1 unspecified atom stereocenters. The molecule has 1 heterocycles. The number of hydrogen-bond acceptors (Lipinski definition) is 4. The Morgan fingerprint density at radius 2 is 2.00 bits per heavy atom. The Morgan fingerprint density at radius 3 is 2.53 bits per heavy atom. The van der Waals surface area contributed by atoms with E-state index < -0.39 is 16.8 Å². The third-order valence-corrected chi connectivity index (χ3v) is 4.51. The molecule has 1 aliphatic heterocycles. The van der Waals surface area contributed by atoms with Gasteiger partial charge in [0.2, 0.25) is 5.91 Å². The van der Waals surface area contributed by atoms with Gasteiger partial charge in [-0.15, -0.1) is 0 Å². The lowest BCUT2D eigenvalue weighted by Crippen LogP contribution is -2.42. The van der Waals surface area contributed by atoms with E-state index >= 15 is 0 Å². The zero-order chi connectivity index (χ0) is 14.3. The molecule has 1 atom stereocenters. The van der Waals surface area contributed by atoms with Crippen LogP contribution in [0.3, 0.4) is 0 Å². The van der Waals surface area contributed by atoms with E-state index in [0.29, 0.717) is 44.7 Å². The number of rotatable bonds is 7. The number of amides is 1. The van der Waals surface area contributed by atoms with Crippen LogP contribution in [0.5, 0.6) is 0 Å². The van der Waals surface area contributed by atoms with E-state index in [9.17, 15) is 13.8 Å². The zero-order valence-corrected chi connectivity index (χ0v) is 12.0. The van der Waals surface area contributed by atoms with Crippen molar-refractivity contribution in [1.82, 2.24) is 4.90 Å². The quantitative estimate of drug-likeness (QED) is 0.672. The van der Waals surface area contributed by atoms with Crippen LogP contribution in [0, 0.1) is 5.92 Å². The Hall–Kier alpha value is -0.950. The number of carbonyl (C=O) groups is 2. The van der Waals surface area contributed by atoms with Gasteiger partial charge in [0, 0.05) is 43.4 Å². The summed E-state index contributed by atoms with van der Waals surface area (Å²) in [6.45, 7) is 1.44. The molecule has 0 radical (unpaired) electrons. The summed E-state index contributed by atoms with van der Waals surface area (Å²) >= 11 is 0. The molecule has 0 aromatic rings. The molecule has 0 aromatic heterocycles. The SMILES string of the molecule is COCCCS(=O)CC(=O)N1CCC(C(=O)O)CC1. The summed E-state index contributed by atoms with van der Waals surface area (Å²) in [5.41, 5.74) is 0. The Balaban J connectivity index is 2.27. The zero-order valence-electron chi connectivity index (χ0n) is 11.2. The first-order chi connectivity index (χ1) is 9.04. The second-order valence-corrected chi connectivity index (χ2v) is 6.20. The average molecular weight is 291 g/mol. The number of aliphatic carboxylic acids is 1. The monoisotopic (exact) mass is 291 g/mol. The number of carboxylic acids is 1. The van der Waals surface area contributed by atoms with Gasteiger partial charge in [-0.25, -0.2) is 0 Å². The van der Waals surface area contributed by atoms with Crippen LogP contribution >= 0.6 is 0 Å². The van der Waals surface area contributed by atoms with E-state index in [4.69, 9.17) is 9.84 Å². The number of hydrogen-bond donors (Lipinski definition) is 1. The fourth-order valence-corrected chi connectivity index (χ4v) is 3.08. The Labute approximate surface area is 115 Å². The number of methoxy groups -OCH3 is 1. The fraction of sp³-hybridized carbons (Fsp3) is 0.833. The van der Waals surface area contributed by atoms with Crippen LogP contribution in [0.1, 0.15) is 19.3 Å². The first-order valence-electron chi connectivity index (χ1n) is 6.39. The molecule has 7 heteroatoms. The van der Waals surface area contributed by atoms with Gasteiger partial charge in [0.15, 0.2) is 0 Å². The highest BCUT2D eigenvalue weighted by Crippen LogP contribution is 2.17. The molecule has 1 fully saturated rings. The summed E-state index contributed by atoms with van der Waals surface area (Å²) < 4.78 is 16.5. The van der Waals surface area contributed by atoms with Crippen molar-refractivity contribution in [2.75, 3.05) is 38.3 Å². The molecule has 19 heavy (non-hydrogen) atoms. The van der Waals surface area contributed by atoms with E-state index in [1.54, 1.807) is 12.0 Å². The molecule has 0 saturated carbocycles. The van der Waals surface area contributed by atoms with E-state index in [-0.39, 0.29) is 17.6 Å². The molecule has 0 spiro atoms. The van der Waals surface area contributed by atoms with Gasteiger partial charge < -0.3 is 14.7 Å². The van der Waals surface area contributed by atoms with Crippen LogP contribution in [0.15, 0.2) is 0 Å². The van der Waals surface area contributed by atoms with Gasteiger partial charge in [-0.05, 0) is 19.3 Å². The van der Waals surface area contributed by atoms with E-state index in [0.717, 1.165) is 0 Å². The largest absolute Gasteiger partial charge is 0.481 e. The summed E-state index contributed by atoms with van der Waals surface area (Å²) in [7, 11) is 0.426. The molecule has 1 amide bonds. The normalized spacial score (nSPS) is 18.3. The summed E-state index contributed by atoms with van der Waals surface area (Å²) in [4.78, 5) is 24.3. The van der Waals surface area contributed by atoms with Crippen LogP contribution in [0.2, 0.25) is 0 Å². The number of piperidine rings is 1. The van der Waals surface area contributed by atoms with Crippen LogP contribution in [-0.2, 0) is 25.1 Å². The molecule has 1 rings (SSSR count). The van der Waals surface area contributed by atoms with Crippen molar-refractivity contribution in [3.05, 3.63) is 0 Å². The van der Waals surface area contributed by atoms with E-state index in [2.05, 4.69) is 0 Å².